The minimum absolute atomic E-state index is 0.0749. The summed E-state index contributed by atoms with van der Waals surface area (Å²) >= 11 is 1.57. The number of pyridine rings is 1. The smallest absolute Gasteiger partial charge is 0.188 e. The van der Waals surface area contributed by atoms with Crippen LogP contribution >= 0.6 is 11.3 Å². The number of hydrogen-bond donors (Lipinski definition) is 2. The quantitative estimate of drug-likeness (QED) is 0.651. The summed E-state index contributed by atoms with van der Waals surface area (Å²) in [7, 11) is 2.24. The van der Waals surface area contributed by atoms with Crippen LogP contribution in [0.3, 0.4) is 0 Å². The fraction of sp³-hybridized carbons (Fsp3) is 0.286. The number of piperazine rings is 1. The van der Waals surface area contributed by atoms with Gasteiger partial charge in [-0.05, 0) is 18.6 Å². The third kappa shape index (κ3) is 4.21. The van der Waals surface area contributed by atoms with E-state index in [1.807, 2.05) is 36.7 Å². The Balaban J connectivity index is 1.46. The van der Waals surface area contributed by atoms with Gasteiger partial charge in [-0.1, -0.05) is 35.6 Å². The van der Waals surface area contributed by atoms with E-state index in [2.05, 4.69) is 39.4 Å². The van der Waals surface area contributed by atoms with Crippen LogP contribution in [0.25, 0.3) is 10.4 Å². The molecule has 2 aromatic heterocycles. The van der Waals surface area contributed by atoms with Gasteiger partial charge in [-0.2, -0.15) is 0 Å². The number of rotatable bonds is 5. The topological polar surface area (TPSA) is 62.6 Å². The molecule has 6 nitrogen and oxygen atoms in total. The first-order valence-electron chi connectivity index (χ1n) is 9.45. The number of nitrogens with one attached hydrogen (secondary N) is 2. The van der Waals surface area contributed by atoms with Gasteiger partial charge >= 0.3 is 0 Å². The largest absolute Gasteiger partial charge is 0.360 e. The third-order valence-electron chi connectivity index (χ3n) is 5.04. The van der Waals surface area contributed by atoms with Gasteiger partial charge in [0.25, 0.3) is 0 Å². The number of nitrogens with zero attached hydrogens (tertiary/aromatic N) is 3. The van der Waals surface area contributed by atoms with Crippen molar-refractivity contribution in [1.29, 1.82) is 0 Å². The zero-order valence-corrected chi connectivity index (χ0v) is 16.9. The van der Waals surface area contributed by atoms with Gasteiger partial charge in [0.05, 0.1) is 38.1 Å². The summed E-state index contributed by atoms with van der Waals surface area (Å²) in [5.74, 6) is 0.877. The Morgan fingerprint density at radius 2 is 1.89 bits per heavy atom. The van der Waals surface area contributed by atoms with Gasteiger partial charge in [-0.3, -0.25) is 4.79 Å². The van der Waals surface area contributed by atoms with Gasteiger partial charge in [-0.15, -0.1) is 0 Å². The van der Waals surface area contributed by atoms with Crippen molar-refractivity contribution in [3.63, 3.8) is 0 Å². The molecular formula is C21H24N5OS+. The number of hydrogen-bond acceptors (Lipinski definition) is 6. The van der Waals surface area contributed by atoms with Crippen molar-refractivity contribution < 1.29 is 9.69 Å². The van der Waals surface area contributed by atoms with Crippen LogP contribution in [0.2, 0.25) is 0 Å². The molecule has 28 heavy (non-hydrogen) atoms. The van der Waals surface area contributed by atoms with Crippen molar-refractivity contribution in [2.24, 2.45) is 0 Å². The number of carbonyl (C=O) groups is 1. The monoisotopic (exact) mass is 394 g/mol. The number of ketones is 1. The van der Waals surface area contributed by atoms with E-state index in [1.54, 1.807) is 23.2 Å². The molecule has 0 unspecified atom stereocenters. The minimum Gasteiger partial charge on any atom is -0.360 e. The predicted octanol–water partition coefficient (Wildman–Crippen LogP) is 2.49. The molecule has 0 spiro atoms. The molecule has 4 rings (SSSR count). The Morgan fingerprint density at radius 3 is 2.61 bits per heavy atom. The molecule has 2 N–H and O–H groups in total. The van der Waals surface area contributed by atoms with Crippen LogP contribution < -0.4 is 15.1 Å². The molecule has 3 heterocycles. The van der Waals surface area contributed by atoms with Crippen LogP contribution in [0, 0.1) is 0 Å². The van der Waals surface area contributed by atoms with Crippen LogP contribution in [-0.4, -0.2) is 49.0 Å². The molecule has 0 aliphatic carbocycles. The number of thiazole rings is 1. The van der Waals surface area contributed by atoms with Crippen LogP contribution in [0.5, 0.6) is 0 Å². The fourth-order valence-electron chi connectivity index (χ4n) is 3.28. The minimum atomic E-state index is 0.0749. The molecule has 0 atom stereocenters. The lowest BCUT2D eigenvalue weighted by Gasteiger charge is -2.31. The molecule has 0 bridgehead atoms. The molecule has 1 fully saturated rings. The fourth-order valence-corrected chi connectivity index (χ4v) is 4.10. The van der Waals surface area contributed by atoms with Crippen molar-refractivity contribution in [3.8, 4) is 10.4 Å². The molecule has 1 aliphatic heterocycles. The normalized spacial score (nSPS) is 14.9. The highest BCUT2D eigenvalue weighted by Gasteiger charge is 2.17. The molecule has 0 amide bonds. The van der Waals surface area contributed by atoms with Crippen molar-refractivity contribution in [1.82, 2.24) is 9.97 Å². The van der Waals surface area contributed by atoms with Gasteiger partial charge in [-0.25, -0.2) is 9.97 Å². The van der Waals surface area contributed by atoms with Gasteiger partial charge in [0, 0.05) is 29.7 Å². The summed E-state index contributed by atoms with van der Waals surface area (Å²) in [4.78, 5) is 25.4. The third-order valence-corrected chi connectivity index (χ3v) is 6.00. The van der Waals surface area contributed by atoms with Crippen LogP contribution in [0.4, 0.5) is 16.6 Å². The Hall–Kier alpha value is -2.77. The first kappa shape index (κ1) is 18.6. The second kappa shape index (κ2) is 8.08. The molecule has 0 saturated carbocycles. The number of anilines is 3. The highest BCUT2D eigenvalue weighted by Crippen LogP contribution is 2.31. The second-order valence-electron chi connectivity index (χ2n) is 7.13. The van der Waals surface area contributed by atoms with E-state index < -0.39 is 0 Å². The van der Waals surface area contributed by atoms with Gasteiger partial charge in [0.1, 0.15) is 5.82 Å². The molecule has 1 aromatic carbocycles. The Bertz CT molecular complexity index is 961. The Morgan fingerprint density at radius 1 is 1.14 bits per heavy atom. The van der Waals surface area contributed by atoms with E-state index in [4.69, 9.17) is 0 Å². The standard InChI is InChI=1S/C21H23N5OS/c1-15(27)16-3-5-17(6-4-16)19-14-23-21(28-19)24-20-13-18(7-8-22-20)26-11-9-25(2)10-12-26/h3-8,13-14H,9-12H2,1-2H3,(H,22,23,24)/p+1. The van der Waals surface area contributed by atoms with Crippen molar-refractivity contribution in [2.75, 3.05) is 43.4 Å². The maximum atomic E-state index is 11.4. The molecule has 0 radical (unpaired) electrons. The number of quaternary nitrogens is 1. The van der Waals surface area contributed by atoms with Crippen molar-refractivity contribution in [3.05, 3.63) is 54.4 Å². The molecule has 3 aromatic rings. The van der Waals surface area contributed by atoms with E-state index in [0.29, 0.717) is 0 Å². The zero-order valence-electron chi connectivity index (χ0n) is 16.1. The van der Waals surface area contributed by atoms with E-state index in [0.717, 1.165) is 53.1 Å². The molecule has 144 valence electrons. The van der Waals surface area contributed by atoms with E-state index in [-0.39, 0.29) is 5.78 Å². The number of likely N-dealkylation sites (N-methyl/N-ethyl adjacent to an activating group) is 1. The van der Waals surface area contributed by atoms with Crippen molar-refractivity contribution >= 4 is 33.8 Å². The van der Waals surface area contributed by atoms with E-state index >= 15 is 0 Å². The lowest BCUT2D eigenvalue weighted by atomic mass is 10.1. The molecular weight excluding hydrogens is 370 g/mol. The maximum Gasteiger partial charge on any atom is 0.188 e. The second-order valence-corrected chi connectivity index (χ2v) is 8.16. The first-order chi connectivity index (χ1) is 13.6. The van der Waals surface area contributed by atoms with Crippen LogP contribution in [-0.2, 0) is 0 Å². The summed E-state index contributed by atoms with van der Waals surface area (Å²) in [5, 5.41) is 4.13. The summed E-state index contributed by atoms with van der Waals surface area (Å²) in [6.45, 7) is 6.01. The lowest BCUT2D eigenvalue weighted by Crippen LogP contribution is -3.12. The average molecular weight is 395 g/mol. The summed E-state index contributed by atoms with van der Waals surface area (Å²) in [5.41, 5.74) is 2.97. The maximum absolute atomic E-state index is 11.4. The number of aromatic nitrogens is 2. The predicted molar refractivity (Wildman–Crippen MR) is 114 cm³/mol. The number of benzene rings is 1. The van der Waals surface area contributed by atoms with Crippen molar-refractivity contribution in [2.45, 2.75) is 6.92 Å². The molecule has 7 heteroatoms. The van der Waals surface area contributed by atoms with E-state index in [9.17, 15) is 4.79 Å². The van der Waals surface area contributed by atoms with E-state index in [1.165, 1.54) is 5.69 Å². The lowest BCUT2D eigenvalue weighted by molar-refractivity contribution is -0.880. The number of Topliss-reactive ketones (excluding diaryl/α,β-unsaturated/α-hetero) is 1. The summed E-state index contributed by atoms with van der Waals surface area (Å²) in [6, 6.07) is 11.8. The number of carbonyl (C=O) groups excluding carboxylic acids is 1. The molecule has 1 saturated heterocycles. The Labute approximate surface area is 168 Å². The highest BCUT2D eigenvalue weighted by molar-refractivity contribution is 7.18. The SMILES string of the molecule is CC(=O)c1ccc(-c2cnc(Nc3cc(N4CC[NH+](C)CC4)ccn3)s2)cc1. The van der Waals surface area contributed by atoms with Gasteiger partial charge in [0.2, 0.25) is 0 Å². The van der Waals surface area contributed by atoms with Crippen LogP contribution in [0.1, 0.15) is 17.3 Å². The summed E-state index contributed by atoms with van der Waals surface area (Å²) < 4.78 is 0. The van der Waals surface area contributed by atoms with Gasteiger partial charge < -0.3 is 15.1 Å². The van der Waals surface area contributed by atoms with Crippen LogP contribution in [0.15, 0.2) is 48.8 Å². The zero-order chi connectivity index (χ0) is 19.5. The molecule has 1 aliphatic rings. The summed E-state index contributed by atoms with van der Waals surface area (Å²) in [6.07, 6.45) is 3.70. The first-order valence-corrected chi connectivity index (χ1v) is 10.3. The van der Waals surface area contributed by atoms with Gasteiger partial charge in [0.15, 0.2) is 10.9 Å². The Kier molecular flexibility index (Phi) is 5.36. The average Bonchev–Trinajstić information content (AvgIpc) is 3.17. The highest BCUT2D eigenvalue weighted by atomic mass is 32.1.